The van der Waals surface area contributed by atoms with Gasteiger partial charge in [-0.15, -0.1) is 0 Å². The average molecular weight is 200 g/mol. The van der Waals surface area contributed by atoms with Gasteiger partial charge in [0.2, 0.25) is 0 Å². The third kappa shape index (κ3) is 7.34. The molecule has 0 aliphatic carbocycles. The first-order valence-electron chi connectivity index (χ1n) is 6.20. The lowest BCUT2D eigenvalue weighted by molar-refractivity contribution is 0.363. The summed E-state index contributed by atoms with van der Waals surface area (Å²) >= 11 is 0. The molecule has 0 spiro atoms. The number of hydrazine groups is 1. The molecule has 0 radical (unpaired) electrons. The Bertz CT molecular complexity index is 115. The lowest BCUT2D eigenvalue weighted by atomic mass is 9.94. The Morgan fingerprint density at radius 3 is 2.29 bits per heavy atom. The van der Waals surface area contributed by atoms with Crippen LogP contribution in [0.5, 0.6) is 0 Å². The lowest BCUT2D eigenvalue weighted by Gasteiger charge is -2.19. The molecule has 0 bridgehead atoms. The summed E-state index contributed by atoms with van der Waals surface area (Å²) in [5.74, 6) is 6.36. The van der Waals surface area contributed by atoms with Gasteiger partial charge in [-0.25, -0.2) is 0 Å². The Morgan fingerprint density at radius 2 is 1.79 bits per heavy atom. The molecule has 0 heterocycles. The highest BCUT2D eigenvalue weighted by Crippen LogP contribution is 2.15. The molecule has 2 nitrogen and oxygen atoms in total. The minimum atomic E-state index is 0.531. The van der Waals surface area contributed by atoms with Crippen LogP contribution in [0.3, 0.4) is 0 Å². The first kappa shape index (κ1) is 13.9. The van der Waals surface area contributed by atoms with Gasteiger partial charge in [0.15, 0.2) is 0 Å². The van der Waals surface area contributed by atoms with Gasteiger partial charge >= 0.3 is 0 Å². The second-order valence-electron chi connectivity index (χ2n) is 4.49. The molecule has 0 aromatic heterocycles. The maximum absolute atomic E-state index is 5.55. The van der Waals surface area contributed by atoms with E-state index >= 15 is 0 Å². The second-order valence-corrected chi connectivity index (χ2v) is 4.49. The Morgan fingerprint density at radius 1 is 1.07 bits per heavy atom. The van der Waals surface area contributed by atoms with Crippen LogP contribution in [0.4, 0.5) is 0 Å². The lowest BCUT2D eigenvalue weighted by Crippen LogP contribution is -2.36. The molecule has 0 aromatic carbocycles. The van der Waals surface area contributed by atoms with E-state index in [-0.39, 0.29) is 0 Å². The molecule has 0 aromatic rings. The molecule has 0 aliphatic rings. The Hall–Kier alpha value is -0.0800. The monoisotopic (exact) mass is 200 g/mol. The van der Waals surface area contributed by atoms with Gasteiger partial charge in [0.05, 0.1) is 0 Å². The Balaban J connectivity index is 3.55. The van der Waals surface area contributed by atoms with E-state index in [4.69, 9.17) is 5.84 Å². The molecule has 2 atom stereocenters. The van der Waals surface area contributed by atoms with Crippen LogP contribution >= 0.6 is 0 Å². The van der Waals surface area contributed by atoms with Crippen LogP contribution in [0.2, 0.25) is 0 Å². The Kier molecular flexibility index (Phi) is 9.42. The van der Waals surface area contributed by atoms with Crippen LogP contribution in [-0.4, -0.2) is 6.04 Å². The van der Waals surface area contributed by atoms with Crippen LogP contribution < -0.4 is 11.3 Å². The van der Waals surface area contributed by atoms with Crippen molar-refractivity contribution in [3.8, 4) is 0 Å². The fraction of sp³-hybridized carbons (Fsp3) is 1.00. The van der Waals surface area contributed by atoms with Gasteiger partial charge in [-0.2, -0.15) is 0 Å². The number of nitrogens with one attached hydrogen (secondary N) is 1. The van der Waals surface area contributed by atoms with Crippen LogP contribution in [0.1, 0.15) is 65.7 Å². The maximum Gasteiger partial charge on any atom is 0.0213 e. The van der Waals surface area contributed by atoms with Crippen molar-refractivity contribution >= 4 is 0 Å². The summed E-state index contributed by atoms with van der Waals surface area (Å²) in [6.45, 7) is 6.82. The van der Waals surface area contributed by atoms with Crippen molar-refractivity contribution in [2.75, 3.05) is 0 Å². The zero-order chi connectivity index (χ0) is 10.8. The van der Waals surface area contributed by atoms with E-state index in [1.165, 1.54) is 44.9 Å². The summed E-state index contributed by atoms with van der Waals surface area (Å²) in [6.07, 6.45) is 9.01. The van der Waals surface area contributed by atoms with Crippen molar-refractivity contribution in [3.05, 3.63) is 0 Å². The van der Waals surface area contributed by atoms with Gasteiger partial charge in [-0.1, -0.05) is 52.9 Å². The molecule has 2 unspecified atom stereocenters. The zero-order valence-corrected chi connectivity index (χ0v) is 10.2. The van der Waals surface area contributed by atoms with Crippen molar-refractivity contribution < 1.29 is 0 Å². The van der Waals surface area contributed by atoms with Crippen LogP contribution in [0.15, 0.2) is 0 Å². The predicted molar refractivity (Wildman–Crippen MR) is 63.9 cm³/mol. The van der Waals surface area contributed by atoms with E-state index in [9.17, 15) is 0 Å². The number of rotatable bonds is 9. The molecular weight excluding hydrogens is 172 g/mol. The van der Waals surface area contributed by atoms with Gasteiger partial charge in [-0.3, -0.25) is 11.3 Å². The fourth-order valence-corrected chi connectivity index (χ4v) is 2.01. The number of nitrogens with two attached hydrogens (primary N) is 1. The number of hydrogen-bond donors (Lipinski definition) is 2. The highest BCUT2D eigenvalue weighted by Gasteiger charge is 2.10. The molecular formula is C12H28N2. The predicted octanol–water partition coefficient (Wildman–Crippen LogP) is 3.22. The number of hydrogen-bond acceptors (Lipinski definition) is 2. The minimum absolute atomic E-state index is 0.531. The van der Waals surface area contributed by atoms with Gasteiger partial charge in [-0.05, 0) is 18.8 Å². The molecule has 86 valence electrons. The maximum atomic E-state index is 5.55. The molecule has 0 saturated heterocycles. The third-order valence-electron chi connectivity index (χ3n) is 2.86. The molecule has 0 saturated carbocycles. The van der Waals surface area contributed by atoms with Gasteiger partial charge < -0.3 is 0 Å². The van der Waals surface area contributed by atoms with Crippen molar-refractivity contribution in [2.45, 2.75) is 71.8 Å². The molecule has 0 rings (SSSR count). The van der Waals surface area contributed by atoms with E-state index in [1.807, 2.05) is 0 Å². The standard InChI is InChI=1S/C12H28N2/c1-4-6-7-9-12(14-13)10-11(3)8-5-2/h11-12,14H,4-10,13H2,1-3H3. The van der Waals surface area contributed by atoms with E-state index < -0.39 is 0 Å². The third-order valence-corrected chi connectivity index (χ3v) is 2.86. The smallest absolute Gasteiger partial charge is 0.0213 e. The van der Waals surface area contributed by atoms with Gasteiger partial charge in [0.25, 0.3) is 0 Å². The summed E-state index contributed by atoms with van der Waals surface area (Å²) in [5, 5.41) is 0. The van der Waals surface area contributed by atoms with Crippen LogP contribution in [0, 0.1) is 5.92 Å². The highest BCUT2D eigenvalue weighted by atomic mass is 15.2. The molecule has 3 N–H and O–H groups in total. The van der Waals surface area contributed by atoms with Gasteiger partial charge in [0.1, 0.15) is 0 Å². The zero-order valence-electron chi connectivity index (χ0n) is 10.2. The number of unbranched alkanes of at least 4 members (excludes halogenated alkanes) is 2. The van der Waals surface area contributed by atoms with Crippen molar-refractivity contribution in [2.24, 2.45) is 11.8 Å². The average Bonchev–Trinajstić information content (AvgIpc) is 2.17. The molecule has 0 amide bonds. The summed E-state index contributed by atoms with van der Waals surface area (Å²) in [6, 6.07) is 0.531. The highest BCUT2D eigenvalue weighted by molar-refractivity contribution is 4.67. The van der Waals surface area contributed by atoms with Crippen LogP contribution in [0.25, 0.3) is 0 Å². The largest absolute Gasteiger partial charge is 0.271 e. The van der Waals surface area contributed by atoms with Crippen LogP contribution in [-0.2, 0) is 0 Å². The van der Waals surface area contributed by atoms with Gasteiger partial charge in [0, 0.05) is 6.04 Å². The van der Waals surface area contributed by atoms with Crippen molar-refractivity contribution in [1.82, 2.24) is 5.43 Å². The minimum Gasteiger partial charge on any atom is -0.271 e. The molecule has 2 heteroatoms. The van der Waals surface area contributed by atoms with E-state index in [0.717, 1.165) is 5.92 Å². The summed E-state index contributed by atoms with van der Waals surface area (Å²) in [5.41, 5.74) is 2.95. The fourth-order valence-electron chi connectivity index (χ4n) is 2.01. The summed E-state index contributed by atoms with van der Waals surface area (Å²) in [7, 11) is 0. The second kappa shape index (κ2) is 9.47. The normalized spacial score (nSPS) is 15.4. The molecule has 14 heavy (non-hydrogen) atoms. The van der Waals surface area contributed by atoms with Crippen molar-refractivity contribution in [1.29, 1.82) is 0 Å². The van der Waals surface area contributed by atoms with E-state index in [1.54, 1.807) is 0 Å². The summed E-state index contributed by atoms with van der Waals surface area (Å²) < 4.78 is 0. The van der Waals surface area contributed by atoms with E-state index in [2.05, 4.69) is 26.2 Å². The SMILES string of the molecule is CCCCCC(CC(C)CCC)NN. The molecule has 0 fully saturated rings. The quantitative estimate of drug-likeness (QED) is 0.341. The topological polar surface area (TPSA) is 38.0 Å². The van der Waals surface area contributed by atoms with Crippen molar-refractivity contribution in [3.63, 3.8) is 0 Å². The first-order chi connectivity index (χ1) is 6.74. The summed E-state index contributed by atoms with van der Waals surface area (Å²) in [4.78, 5) is 0. The van der Waals surface area contributed by atoms with E-state index in [0.29, 0.717) is 6.04 Å². The first-order valence-corrected chi connectivity index (χ1v) is 6.20. The Labute approximate surface area is 89.6 Å². The molecule has 0 aliphatic heterocycles.